The molecule has 3 rings (SSSR count). The largest absolute Gasteiger partial charge is 0.486 e. The lowest BCUT2D eigenvalue weighted by molar-refractivity contribution is -0.116. The van der Waals surface area contributed by atoms with Crippen LogP contribution >= 0.6 is 11.3 Å². The molecule has 0 saturated heterocycles. The van der Waals surface area contributed by atoms with E-state index in [1.165, 1.54) is 6.08 Å². The summed E-state index contributed by atoms with van der Waals surface area (Å²) in [7, 11) is 0. The number of hydrogen-bond acceptors (Lipinski definition) is 5. The Labute approximate surface area is 139 Å². The zero-order chi connectivity index (χ0) is 16.1. The summed E-state index contributed by atoms with van der Waals surface area (Å²) in [6.07, 6.45) is 3.98. The van der Waals surface area contributed by atoms with E-state index in [4.69, 9.17) is 9.47 Å². The Hall–Kier alpha value is -2.34. The molecule has 0 bridgehead atoms. The Morgan fingerprint density at radius 3 is 2.96 bits per heavy atom. The summed E-state index contributed by atoms with van der Waals surface area (Å²) in [5.41, 5.74) is 1.92. The molecule has 1 aromatic carbocycles. The van der Waals surface area contributed by atoms with Gasteiger partial charge in [0.1, 0.15) is 13.2 Å². The van der Waals surface area contributed by atoms with Crippen molar-refractivity contribution in [3.8, 4) is 11.5 Å². The molecule has 2 heterocycles. The van der Waals surface area contributed by atoms with Crippen LogP contribution in [0.25, 0.3) is 6.08 Å². The number of thiazole rings is 1. The second-order valence-corrected chi connectivity index (χ2v) is 6.21. The topological polar surface area (TPSA) is 60.5 Å². The van der Waals surface area contributed by atoms with E-state index >= 15 is 0 Å². The molecule has 6 heteroatoms. The third-order valence-electron chi connectivity index (χ3n) is 3.36. The Balaban J connectivity index is 1.47. The van der Waals surface area contributed by atoms with Gasteiger partial charge in [-0.2, -0.15) is 0 Å². The number of nitrogens with zero attached hydrogens (tertiary/aromatic N) is 1. The van der Waals surface area contributed by atoms with Crippen molar-refractivity contribution < 1.29 is 14.3 Å². The molecular formula is C17H18N2O3S. The summed E-state index contributed by atoms with van der Waals surface area (Å²) < 4.78 is 11.0. The number of aromatic nitrogens is 1. The van der Waals surface area contributed by atoms with Crippen LogP contribution in [0.3, 0.4) is 0 Å². The molecule has 0 unspecified atom stereocenters. The molecule has 1 aliphatic rings. The van der Waals surface area contributed by atoms with Gasteiger partial charge in [0.25, 0.3) is 0 Å². The number of aryl methyl sites for hydroxylation is 1. The fraction of sp³-hybridized carbons (Fsp3) is 0.294. The SMILES string of the molecule is Cc1nc(/C=C/C(=O)NCCc2ccc3c(c2)OCCO3)cs1. The predicted octanol–water partition coefficient (Wildman–Crippen LogP) is 2.59. The third kappa shape index (κ3) is 4.32. The molecule has 0 radical (unpaired) electrons. The van der Waals surface area contributed by atoms with Crippen LogP contribution in [-0.2, 0) is 11.2 Å². The molecule has 0 saturated carbocycles. The molecule has 2 aromatic rings. The second kappa shape index (κ2) is 7.28. The average Bonchev–Trinajstić information content (AvgIpc) is 2.98. The minimum absolute atomic E-state index is 0.117. The van der Waals surface area contributed by atoms with Crippen LogP contribution in [0.2, 0.25) is 0 Å². The lowest BCUT2D eigenvalue weighted by Gasteiger charge is -2.18. The number of nitrogens with one attached hydrogen (secondary N) is 1. The standard InChI is InChI=1S/C17H18N2O3S/c1-12-19-14(11-23-12)3-5-17(20)18-7-6-13-2-4-15-16(10-13)22-9-8-21-15/h2-5,10-11H,6-9H2,1H3,(H,18,20)/b5-3+. The molecule has 5 nitrogen and oxygen atoms in total. The molecule has 23 heavy (non-hydrogen) atoms. The first-order chi connectivity index (χ1) is 11.2. The van der Waals surface area contributed by atoms with E-state index in [2.05, 4.69) is 10.3 Å². The van der Waals surface area contributed by atoms with Crippen LogP contribution < -0.4 is 14.8 Å². The average molecular weight is 330 g/mol. The summed E-state index contributed by atoms with van der Waals surface area (Å²) in [5.74, 6) is 1.44. The first-order valence-corrected chi connectivity index (χ1v) is 8.35. The number of ether oxygens (including phenoxy) is 2. The van der Waals surface area contributed by atoms with Gasteiger partial charge in [0.05, 0.1) is 10.7 Å². The van der Waals surface area contributed by atoms with E-state index in [1.807, 2.05) is 30.5 Å². The first-order valence-electron chi connectivity index (χ1n) is 7.47. The highest BCUT2D eigenvalue weighted by atomic mass is 32.1. The first kappa shape index (κ1) is 15.6. The fourth-order valence-electron chi connectivity index (χ4n) is 2.25. The maximum absolute atomic E-state index is 11.8. The van der Waals surface area contributed by atoms with Gasteiger partial charge >= 0.3 is 0 Å². The number of carbonyl (C=O) groups excluding carboxylic acids is 1. The molecule has 1 aromatic heterocycles. The summed E-state index contributed by atoms with van der Waals surface area (Å²) in [6.45, 7) is 3.68. The van der Waals surface area contributed by atoms with Crippen molar-refractivity contribution in [1.82, 2.24) is 10.3 Å². The van der Waals surface area contributed by atoms with Crippen molar-refractivity contribution in [3.05, 3.63) is 45.9 Å². The molecule has 0 aliphatic carbocycles. The lowest BCUT2D eigenvalue weighted by atomic mass is 10.1. The van der Waals surface area contributed by atoms with Gasteiger partial charge < -0.3 is 14.8 Å². The van der Waals surface area contributed by atoms with E-state index in [0.717, 1.165) is 34.2 Å². The minimum Gasteiger partial charge on any atom is -0.486 e. The van der Waals surface area contributed by atoms with Gasteiger partial charge in [-0.1, -0.05) is 6.07 Å². The van der Waals surface area contributed by atoms with E-state index < -0.39 is 0 Å². The zero-order valence-electron chi connectivity index (χ0n) is 12.9. The van der Waals surface area contributed by atoms with E-state index in [1.54, 1.807) is 17.4 Å². The second-order valence-electron chi connectivity index (χ2n) is 5.14. The Bertz CT molecular complexity index is 724. The minimum atomic E-state index is -0.117. The van der Waals surface area contributed by atoms with Gasteiger partial charge in [-0.3, -0.25) is 4.79 Å². The van der Waals surface area contributed by atoms with Crippen molar-refractivity contribution in [1.29, 1.82) is 0 Å². The Kier molecular flexibility index (Phi) is 4.92. The maximum atomic E-state index is 11.8. The van der Waals surface area contributed by atoms with Crippen LogP contribution in [0.15, 0.2) is 29.7 Å². The molecule has 0 spiro atoms. The molecule has 0 atom stereocenters. The zero-order valence-corrected chi connectivity index (χ0v) is 13.7. The van der Waals surface area contributed by atoms with Gasteiger partial charge in [-0.05, 0) is 37.1 Å². The van der Waals surface area contributed by atoms with Gasteiger partial charge in [0.15, 0.2) is 11.5 Å². The Morgan fingerprint density at radius 1 is 1.35 bits per heavy atom. The van der Waals surface area contributed by atoms with Crippen molar-refractivity contribution in [3.63, 3.8) is 0 Å². The summed E-state index contributed by atoms with van der Waals surface area (Å²) >= 11 is 1.57. The van der Waals surface area contributed by atoms with Gasteiger partial charge in [0.2, 0.25) is 5.91 Å². The number of fused-ring (bicyclic) bond motifs is 1. The predicted molar refractivity (Wildman–Crippen MR) is 90.0 cm³/mol. The highest BCUT2D eigenvalue weighted by Gasteiger charge is 2.11. The van der Waals surface area contributed by atoms with Crippen LogP contribution in [0.4, 0.5) is 0 Å². The summed E-state index contributed by atoms with van der Waals surface area (Å²) in [4.78, 5) is 16.1. The quantitative estimate of drug-likeness (QED) is 0.856. The monoisotopic (exact) mass is 330 g/mol. The fourth-order valence-corrected chi connectivity index (χ4v) is 2.83. The van der Waals surface area contributed by atoms with Gasteiger partial charge in [0, 0.05) is 18.0 Å². The van der Waals surface area contributed by atoms with Crippen LogP contribution in [0.5, 0.6) is 11.5 Å². The summed E-state index contributed by atoms with van der Waals surface area (Å²) in [5, 5.41) is 5.78. The molecule has 1 aliphatic heterocycles. The highest BCUT2D eigenvalue weighted by molar-refractivity contribution is 7.09. The number of amides is 1. The maximum Gasteiger partial charge on any atom is 0.244 e. The Morgan fingerprint density at radius 2 is 2.17 bits per heavy atom. The molecular weight excluding hydrogens is 312 g/mol. The smallest absolute Gasteiger partial charge is 0.244 e. The van der Waals surface area contributed by atoms with E-state index in [-0.39, 0.29) is 5.91 Å². The van der Waals surface area contributed by atoms with Crippen molar-refractivity contribution in [2.45, 2.75) is 13.3 Å². The van der Waals surface area contributed by atoms with Crippen LogP contribution in [-0.4, -0.2) is 30.6 Å². The van der Waals surface area contributed by atoms with Gasteiger partial charge in [-0.15, -0.1) is 11.3 Å². The number of carbonyl (C=O) groups is 1. The normalized spacial score (nSPS) is 13.3. The van der Waals surface area contributed by atoms with Gasteiger partial charge in [-0.25, -0.2) is 4.98 Å². The summed E-state index contributed by atoms with van der Waals surface area (Å²) in [6, 6.07) is 5.87. The molecule has 120 valence electrons. The van der Waals surface area contributed by atoms with Crippen molar-refractivity contribution in [2.24, 2.45) is 0 Å². The number of hydrogen-bond donors (Lipinski definition) is 1. The van der Waals surface area contributed by atoms with E-state index in [9.17, 15) is 4.79 Å². The van der Waals surface area contributed by atoms with Crippen LogP contribution in [0.1, 0.15) is 16.3 Å². The number of benzene rings is 1. The highest BCUT2D eigenvalue weighted by Crippen LogP contribution is 2.30. The lowest BCUT2D eigenvalue weighted by Crippen LogP contribution is -2.23. The van der Waals surface area contributed by atoms with Crippen molar-refractivity contribution >= 4 is 23.3 Å². The van der Waals surface area contributed by atoms with E-state index in [0.29, 0.717) is 19.8 Å². The third-order valence-corrected chi connectivity index (χ3v) is 4.15. The molecule has 0 fully saturated rings. The number of rotatable bonds is 5. The van der Waals surface area contributed by atoms with Crippen LogP contribution in [0, 0.1) is 6.92 Å². The molecule has 1 amide bonds. The molecule has 1 N–H and O–H groups in total. The van der Waals surface area contributed by atoms with Crippen molar-refractivity contribution in [2.75, 3.05) is 19.8 Å².